The molecule has 1 N–H and O–H groups in total. The van der Waals surface area contributed by atoms with Crippen molar-refractivity contribution in [1.29, 1.82) is 0 Å². The van der Waals surface area contributed by atoms with E-state index in [2.05, 4.69) is 17.3 Å². The Kier molecular flexibility index (Phi) is 5.41. The molecule has 0 spiro atoms. The molecule has 17 heavy (non-hydrogen) atoms. The van der Waals surface area contributed by atoms with Gasteiger partial charge in [-0.1, -0.05) is 13.8 Å². The van der Waals surface area contributed by atoms with E-state index >= 15 is 0 Å². The van der Waals surface area contributed by atoms with Gasteiger partial charge in [-0.15, -0.1) is 0 Å². The highest BCUT2D eigenvalue weighted by molar-refractivity contribution is 5.87. The summed E-state index contributed by atoms with van der Waals surface area (Å²) in [4.78, 5) is 27.6. The Morgan fingerprint density at radius 2 is 1.76 bits per heavy atom. The van der Waals surface area contributed by atoms with E-state index in [0.29, 0.717) is 12.8 Å². The van der Waals surface area contributed by atoms with Gasteiger partial charge in [-0.3, -0.25) is 9.59 Å². The van der Waals surface area contributed by atoms with Crippen LogP contribution < -0.4 is 5.32 Å². The van der Waals surface area contributed by atoms with Crippen LogP contribution in [0.4, 0.5) is 0 Å². The van der Waals surface area contributed by atoms with Crippen molar-refractivity contribution in [3.05, 3.63) is 0 Å². The van der Waals surface area contributed by atoms with Gasteiger partial charge in [0.25, 0.3) is 0 Å². The van der Waals surface area contributed by atoms with Crippen LogP contribution in [0.2, 0.25) is 0 Å². The average molecular weight is 241 g/mol. The maximum absolute atomic E-state index is 12.2. The highest BCUT2D eigenvalue weighted by Gasteiger charge is 2.26. The minimum atomic E-state index is -0.356. The molecule has 0 saturated carbocycles. The molecule has 5 heteroatoms. The van der Waals surface area contributed by atoms with Crippen LogP contribution in [0.15, 0.2) is 0 Å². The Hall–Kier alpha value is -1.10. The van der Waals surface area contributed by atoms with E-state index in [1.165, 1.54) is 0 Å². The Bertz CT molecular complexity index is 273. The molecule has 0 bridgehead atoms. The van der Waals surface area contributed by atoms with Gasteiger partial charge in [0.05, 0.1) is 0 Å². The number of rotatable bonds is 4. The lowest BCUT2D eigenvalue weighted by molar-refractivity contribution is -0.137. The number of nitrogens with one attached hydrogen (secondary N) is 1. The zero-order chi connectivity index (χ0) is 12.8. The van der Waals surface area contributed by atoms with E-state index in [-0.39, 0.29) is 17.9 Å². The van der Waals surface area contributed by atoms with Gasteiger partial charge in [0.2, 0.25) is 11.8 Å². The lowest BCUT2D eigenvalue weighted by Crippen LogP contribution is -2.54. The first-order chi connectivity index (χ1) is 8.08. The molecule has 1 heterocycles. The number of hydrogen-bond donors (Lipinski definition) is 1. The van der Waals surface area contributed by atoms with Gasteiger partial charge in [-0.25, -0.2) is 0 Å². The van der Waals surface area contributed by atoms with Crippen molar-refractivity contribution in [2.45, 2.75) is 32.7 Å². The van der Waals surface area contributed by atoms with Crippen LogP contribution in [0, 0.1) is 0 Å². The summed E-state index contributed by atoms with van der Waals surface area (Å²) in [7, 11) is 2.05. The second-order valence-electron chi connectivity index (χ2n) is 4.51. The maximum atomic E-state index is 12.2. The van der Waals surface area contributed by atoms with Crippen LogP contribution in [0.1, 0.15) is 26.7 Å². The van der Waals surface area contributed by atoms with Crippen LogP contribution in [0.25, 0.3) is 0 Å². The van der Waals surface area contributed by atoms with Crippen molar-refractivity contribution in [2.24, 2.45) is 0 Å². The van der Waals surface area contributed by atoms with Crippen molar-refractivity contribution >= 4 is 11.8 Å². The molecule has 0 aromatic carbocycles. The van der Waals surface area contributed by atoms with E-state index in [4.69, 9.17) is 0 Å². The van der Waals surface area contributed by atoms with Crippen LogP contribution in [0.3, 0.4) is 0 Å². The van der Waals surface area contributed by atoms with Gasteiger partial charge in [0, 0.05) is 32.6 Å². The summed E-state index contributed by atoms with van der Waals surface area (Å²) in [6, 6.07) is -0.356. The molecule has 1 atom stereocenters. The average Bonchev–Trinajstić information content (AvgIpc) is 2.35. The van der Waals surface area contributed by atoms with Gasteiger partial charge in [-0.05, 0) is 13.5 Å². The summed E-state index contributed by atoms with van der Waals surface area (Å²) in [5.41, 5.74) is 0. The standard InChI is InChI=1S/C12H23N3O2/c1-4-10(13-11(16)5-2)12(17)15-8-6-14(3)7-9-15/h10H,4-9H2,1-3H3,(H,13,16). The summed E-state index contributed by atoms with van der Waals surface area (Å²) < 4.78 is 0. The first kappa shape index (κ1) is 14.0. The van der Waals surface area contributed by atoms with E-state index in [1.54, 1.807) is 6.92 Å². The molecule has 0 aromatic rings. The Balaban J connectivity index is 2.51. The highest BCUT2D eigenvalue weighted by atomic mass is 16.2. The van der Waals surface area contributed by atoms with Crippen molar-refractivity contribution in [3.8, 4) is 0 Å². The first-order valence-electron chi connectivity index (χ1n) is 6.35. The fourth-order valence-corrected chi connectivity index (χ4v) is 1.88. The second-order valence-corrected chi connectivity index (χ2v) is 4.51. The van der Waals surface area contributed by atoms with Crippen LogP contribution in [-0.4, -0.2) is 60.9 Å². The minimum Gasteiger partial charge on any atom is -0.344 e. The normalized spacial score (nSPS) is 18.9. The molecule has 1 aliphatic heterocycles. The van der Waals surface area contributed by atoms with Gasteiger partial charge < -0.3 is 15.1 Å². The zero-order valence-electron chi connectivity index (χ0n) is 11.0. The van der Waals surface area contributed by atoms with Crippen molar-refractivity contribution in [1.82, 2.24) is 15.1 Å². The van der Waals surface area contributed by atoms with Crippen molar-refractivity contribution in [3.63, 3.8) is 0 Å². The SMILES string of the molecule is CCC(=O)NC(CC)C(=O)N1CCN(C)CC1. The molecule has 0 aromatic heterocycles. The van der Waals surface area contributed by atoms with E-state index in [0.717, 1.165) is 26.2 Å². The molecule has 5 nitrogen and oxygen atoms in total. The molecule has 1 aliphatic rings. The molecule has 0 radical (unpaired) electrons. The third-order valence-corrected chi connectivity index (χ3v) is 3.18. The van der Waals surface area contributed by atoms with Gasteiger partial charge >= 0.3 is 0 Å². The predicted molar refractivity (Wildman–Crippen MR) is 66.6 cm³/mol. The molecule has 0 aliphatic carbocycles. The molecule has 2 amide bonds. The molecule has 1 saturated heterocycles. The summed E-state index contributed by atoms with van der Waals surface area (Å²) in [5, 5.41) is 2.78. The van der Waals surface area contributed by atoms with Crippen LogP contribution in [0.5, 0.6) is 0 Å². The number of hydrogen-bond acceptors (Lipinski definition) is 3. The van der Waals surface area contributed by atoms with Crippen molar-refractivity contribution in [2.75, 3.05) is 33.2 Å². The molecular formula is C12H23N3O2. The van der Waals surface area contributed by atoms with Gasteiger partial charge in [0.15, 0.2) is 0 Å². The Morgan fingerprint density at radius 3 is 2.24 bits per heavy atom. The summed E-state index contributed by atoms with van der Waals surface area (Å²) in [5.74, 6) is 0.00160. The van der Waals surface area contributed by atoms with Crippen LogP contribution >= 0.6 is 0 Å². The first-order valence-corrected chi connectivity index (χ1v) is 6.35. The maximum Gasteiger partial charge on any atom is 0.245 e. The number of carbonyl (C=O) groups excluding carboxylic acids is 2. The smallest absolute Gasteiger partial charge is 0.245 e. The predicted octanol–water partition coefficient (Wildman–Crippen LogP) is 0.0652. The fourth-order valence-electron chi connectivity index (χ4n) is 1.88. The lowest BCUT2D eigenvalue weighted by Gasteiger charge is -2.34. The largest absolute Gasteiger partial charge is 0.344 e. The molecule has 1 unspecified atom stereocenters. The second kappa shape index (κ2) is 6.59. The number of carbonyl (C=O) groups is 2. The van der Waals surface area contributed by atoms with Gasteiger partial charge in [0.1, 0.15) is 6.04 Å². The Morgan fingerprint density at radius 1 is 1.18 bits per heavy atom. The quantitative estimate of drug-likeness (QED) is 0.757. The van der Waals surface area contributed by atoms with Gasteiger partial charge in [-0.2, -0.15) is 0 Å². The van der Waals surface area contributed by atoms with E-state index < -0.39 is 0 Å². The lowest BCUT2D eigenvalue weighted by atomic mass is 10.1. The molecular weight excluding hydrogens is 218 g/mol. The van der Waals surface area contributed by atoms with E-state index in [9.17, 15) is 9.59 Å². The Labute approximate surface area is 103 Å². The summed E-state index contributed by atoms with van der Waals surface area (Å²) in [6.07, 6.45) is 1.07. The highest BCUT2D eigenvalue weighted by Crippen LogP contribution is 2.04. The number of piperazine rings is 1. The topological polar surface area (TPSA) is 52.7 Å². The third kappa shape index (κ3) is 4.00. The third-order valence-electron chi connectivity index (χ3n) is 3.18. The molecule has 1 fully saturated rings. The molecule has 98 valence electrons. The van der Waals surface area contributed by atoms with Crippen LogP contribution in [-0.2, 0) is 9.59 Å². The summed E-state index contributed by atoms with van der Waals surface area (Å²) in [6.45, 7) is 7.05. The fraction of sp³-hybridized carbons (Fsp3) is 0.833. The minimum absolute atomic E-state index is 0.0562. The zero-order valence-corrected chi connectivity index (χ0v) is 11.0. The number of amides is 2. The number of nitrogens with zero attached hydrogens (tertiary/aromatic N) is 2. The number of likely N-dealkylation sites (N-methyl/N-ethyl adjacent to an activating group) is 1. The van der Waals surface area contributed by atoms with E-state index in [1.807, 2.05) is 11.8 Å². The summed E-state index contributed by atoms with van der Waals surface area (Å²) >= 11 is 0. The van der Waals surface area contributed by atoms with Crippen molar-refractivity contribution < 1.29 is 9.59 Å². The molecule has 1 rings (SSSR count). The monoisotopic (exact) mass is 241 g/mol.